The predicted molar refractivity (Wildman–Crippen MR) is 48.7 cm³/mol. The Morgan fingerprint density at radius 1 is 1.38 bits per heavy atom. The molecule has 0 radical (unpaired) electrons. The van der Waals surface area contributed by atoms with Crippen LogP contribution in [-0.4, -0.2) is 21.4 Å². The van der Waals surface area contributed by atoms with Crippen molar-refractivity contribution in [3.8, 4) is 5.75 Å². The van der Waals surface area contributed by atoms with Gasteiger partial charge in [0, 0.05) is 11.6 Å². The fourth-order valence-electron chi connectivity index (χ4n) is 1.41. The Kier molecular flexibility index (Phi) is 2.47. The van der Waals surface area contributed by atoms with Gasteiger partial charge in [-0.05, 0) is 6.07 Å². The number of H-pyrrole nitrogens is 1. The van der Waals surface area contributed by atoms with Crippen molar-refractivity contribution in [2.45, 2.75) is 13.0 Å². The van der Waals surface area contributed by atoms with Crippen molar-refractivity contribution in [1.82, 2.24) is 9.97 Å². The van der Waals surface area contributed by atoms with Gasteiger partial charge in [-0.2, -0.15) is 0 Å². The van der Waals surface area contributed by atoms with Crippen molar-refractivity contribution in [1.29, 1.82) is 0 Å². The summed E-state index contributed by atoms with van der Waals surface area (Å²) in [7, 11) is 0. The van der Waals surface area contributed by atoms with Gasteiger partial charge >= 0.3 is 6.36 Å². The summed E-state index contributed by atoms with van der Waals surface area (Å²) in [6.45, 7) is -0.406. The van der Waals surface area contributed by atoms with Crippen molar-refractivity contribution < 1.29 is 23.0 Å². The molecule has 2 aromatic rings. The second-order valence-corrected chi connectivity index (χ2v) is 3.09. The molecule has 0 amide bonds. The number of alkyl halides is 3. The maximum atomic E-state index is 12.0. The van der Waals surface area contributed by atoms with E-state index in [1.165, 1.54) is 12.4 Å². The molecule has 0 atom stereocenters. The van der Waals surface area contributed by atoms with Crippen LogP contribution in [-0.2, 0) is 6.61 Å². The van der Waals surface area contributed by atoms with Gasteiger partial charge in [0.05, 0.1) is 24.0 Å². The van der Waals surface area contributed by atoms with E-state index in [9.17, 15) is 13.2 Å². The summed E-state index contributed by atoms with van der Waals surface area (Å²) in [5, 5.41) is 8.99. The molecule has 86 valence electrons. The summed E-state index contributed by atoms with van der Waals surface area (Å²) in [5.74, 6) is -0.381. The first-order chi connectivity index (χ1) is 7.49. The van der Waals surface area contributed by atoms with E-state index in [1.807, 2.05) is 0 Å². The number of aliphatic hydroxyl groups is 1. The molecule has 2 rings (SSSR count). The van der Waals surface area contributed by atoms with Crippen molar-refractivity contribution in [3.05, 3.63) is 24.0 Å². The molecular weight excluding hydrogens is 225 g/mol. The number of hydrogen-bond acceptors (Lipinski definition) is 3. The SMILES string of the molecule is OCc1cc(OC(F)(F)F)cc2[nH]cnc12. The number of aromatic amines is 1. The zero-order chi connectivity index (χ0) is 11.8. The zero-order valence-corrected chi connectivity index (χ0v) is 7.88. The molecular formula is C9H7F3N2O2. The van der Waals surface area contributed by atoms with Crippen LogP contribution in [0.1, 0.15) is 5.56 Å². The molecule has 0 saturated carbocycles. The number of aliphatic hydroxyl groups excluding tert-OH is 1. The minimum Gasteiger partial charge on any atom is -0.406 e. The van der Waals surface area contributed by atoms with Crippen molar-refractivity contribution in [2.75, 3.05) is 0 Å². The van der Waals surface area contributed by atoms with Gasteiger partial charge in [0.1, 0.15) is 5.75 Å². The molecule has 0 fully saturated rings. The number of aromatic nitrogens is 2. The van der Waals surface area contributed by atoms with Crippen LogP contribution in [0, 0.1) is 0 Å². The molecule has 0 bridgehead atoms. The Balaban J connectivity index is 2.47. The maximum absolute atomic E-state index is 12.0. The number of imidazole rings is 1. The highest BCUT2D eigenvalue weighted by Gasteiger charge is 2.31. The van der Waals surface area contributed by atoms with Crippen LogP contribution in [0.25, 0.3) is 11.0 Å². The highest BCUT2D eigenvalue weighted by atomic mass is 19.4. The van der Waals surface area contributed by atoms with E-state index < -0.39 is 13.0 Å². The molecule has 0 spiro atoms. The highest BCUT2D eigenvalue weighted by Crippen LogP contribution is 2.27. The molecule has 7 heteroatoms. The lowest BCUT2D eigenvalue weighted by Crippen LogP contribution is -2.17. The number of fused-ring (bicyclic) bond motifs is 1. The molecule has 16 heavy (non-hydrogen) atoms. The molecule has 1 aromatic carbocycles. The van der Waals surface area contributed by atoms with Crippen molar-refractivity contribution >= 4 is 11.0 Å². The molecule has 0 saturated heterocycles. The number of hydrogen-bond donors (Lipinski definition) is 2. The van der Waals surface area contributed by atoms with Gasteiger partial charge in [0.2, 0.25) is 0 Å². The first-order valence-electron chi connectivity index (χ1n) is 4.32. The van der Waals surface area contributed by atoms with E-state index in [-0.39, 0.29) is 11.3 Å². The summed E-state index contributed by atoms with van der Waals surface area (Å²) in [6, 6.07) is 2.28. The van der Waals surface area contributed by atoms with Gasteiger partial charge in [-0.1, -0.05) is 0 Å². The van der Waals surface area contributed by atoms with Crippen molar-refractivity contribution in [2.24, 2.45) is 0 Å². The van der Waals surface area contributed by atoms with E-state index in [2.05, 4.69) is 14.7 Å². The van der Waals surface area contributed by atoms with Crippen LogP contribution in [0.5, 0.6) is 5.75 Å². The van der Waals surface area contributed by atoms with Crippen LogP contribution in [0.3, 0.4) is 0 Å². The fourth-order valence-corrected chi connectivity index (χ4v) is 1.41. The third kappa shape index (κ3) is 2.08. The second-order valence-electron chi connectivity index (χ2n) is 3.09. The highest BCUT2D eigenvalue weighted by molar-refractivity contribution is 5.80. The van der Waals surface area contributed by atoms with Crippen LogP contribution in [0.2, 0.25) is 0 Å². The second kappa shape index (κ2) is 3.67. The van der Waals surface area contributed by atoms with E-state index in [4.69, 9.17) is 5.11 Å². The summed E-state index contributed by atoms with van der Waals surface area (Å²) in [5.41, 5.74) is 1.08. The minimum atomic E-state index is -4.75. The first-order valence-corrected chi connectivity index (χ1v) is 4.32. The lowest BCUT2D eigenvalue weighted by Gasteiger charge is -2.09. The predicted octanol–water partition coefficient (Wildman–Crippen LogP) is 1.95. The Morgan fingerprint density at radius 3 is 2.75 bits per heavy atom. The molecule has 1 aromatic heterocycles. The normalized spacial score (nSPS) is 12.0. The van der Waals surface area contributed by atoms with Gasteiger partial charge in [0.25, 0.3) is 0 Å². The topological polar surface area (TPSA) is 58.1 Å². The minimum absolute atomic E-state index is 0.276. The number of nitrogens with one attached hydrogen (secondary N) is 1. The Labute approximate surface area is 87.7 Å². The Morgan fingerprint density at radius 2 is 2.12 bits per heavy atom. The van der Waals surface area contributed by atoms with Crippen LogP contribution >= 0.6 is 0 Å². The van der Waals surface area contributed by atoms with Gasteiger partial charge in [-0.3, -0.25) is 0 Å². The number of halogens is 3. The summed E-state index contributed by atoms with van der Waals surface area (Å²) >= 11 is 0. The summed E-state index contributed by atoms with van der Waals surface area (Å²) in [4.78, 5) is 6.53. The van der Waals surface area contributed by atoms with Gasteiger partial charge in [-0.15, -0.1) is 13.2 Å². The largest absolute Gasteiger partial charge is 0.573 e. The van der Waals surface area contributed by atoms with Crippen molar-refractivity contribution in [3.63, 3.8) is 0 Å². The van der Waals surface area contributed by atoms with Crippen LogP contribution < -0.4 is 4.74 Å². The molecule has 0 aliphatic heterocycles. The number of ether oxygens (including phenoxy) is 1. The average molecular weight is 232 g/mol. The van der Waals surface area contributed by atoms with Gasteiger partial charge in [0.15, 0.2) is 0 Å². The number of benzene rings is 1. The third-order valence-electron chi connectivity index (χ3n) is 1.98. The Hall–Kier alpha value is -1.76. The van der Waals surface area contributed by atoms with Gasteiger partial charge < -0.3 is 14.8 Å². The summed E-state index contributed by atoms with van der Waals surface area (Å²) in [6.07, 6.45) is -3.42. The molecule has 4 nitrogen and oxygen atoms in total. The smallest absolute Gasteiger partial charge is 0.406 e. The third-order valence-corrected chi connectivity index (χ3v) is 1.98. The quantitative estimate of drug-likeness (QED) is 0.832. The van der Waals surface area contributed by atoms with E-state index >= 15 is 0 Å². The van der Waals surface area contributed by atoms with Crippen LogP contribution in [0.15, 0.2) is 18.5 Å². The standard InChI is InChI=1S/C9H7F3N2O2/c10-9(11,12)16-6-1-5(3-15)8-7(2-6)13-4-14-8/h1-2,4,15H,3H2,(H,13,14). The van der Waals surface area contributed by atoms with E-state index in [0.717, 1.165) is 6.07 Å². The van der Waals surface area contributed by atoms with E-state index in [1.54, 1.807) is 0 Å². The lowest BCUT2D eigenvalue weighted by atomic mass is 10.2. The van der Waals surface area contributed by atoms with Gasteiger partial charge in [-0.25, -0.2) is 4.98 Å². The molecule has 0 aliphatic rings. The zero-order valence-electron chi connectivity index (χ0n) is 7.88. The number of rotatable bonds is 2. The van der Waals surface area contributed by atoms with E-state index in [0.29, 0.717) is 11.0 Å². The fraction of sp³-hybridized carbons (Fsp3) is 0.222. The lowest BCUT2D eigenvalue weighted by molar-refractivity contribution is -0.274. The molecule has 0 aliphatic carbocycles. The van der Waals surface area contributed by atoms with Crippen LogP contribution in [0.4, 0.5) is 13.2 Å². The number of nitrogens with zero attached hydrogens (tertiary/aromatic N) is 1. The monoisotopic (exact) mass is 232 g/mol. The first kappa shape index (κ1) is 10.7. The average Bonchev–Trinajstić information content (AvgIpc) is 2.61. The molecule has 0 unspecified atom stereocenters. The Bertz CT molecular complexity index is 507. The molecule has 2 N–H and O–H groups in total. The molecule has 1 heterocycles. The summed E-state index contributed by atoms with van der Waals surface area (Å²) < 4.78 is 39.7. The maximum Gasteiger partial charge on any atom is 0.573 e.